The highest BCUT2D eigenvalue weighted by atomic mass is 32.2. The molecule has 0 aliphatic rings. The first-order chi connectivity index (χ1) is 31.3. The summed E-state index contributed by atoms with van der Waals surface area (Å²) in [4.78, 5) is 117. The van der Waals surface area contributed by atoms with Crippen LogP contribution in [0.2, 0.25) is 0 Å². The molecule has 0 spiro atoms. The number of rotatable bonds is 29. The molecule has 15 N–H and O–H groups in total. The fraction of sp³-hybridized carbons (Fsp3) is 0.568. The lowest BCUT2D eigenvalue weighted by molar-refractivity contribution is -0.135. The van der Waals surface area contributed by atoms with E-state index >= 15 is 0 Å². The summed E-state index contributed by atoms with van der Waals surface area (Å²) < 4.78 is 0. The number of amides is 8. The zero-order valence-electron chi connectivity index (χ0n) is 38.7. The topological polar surface area (TPSA) is 343 Å². The van der Waals surface area contributed by atoms with Crippen LogP contribution < -0.4 is 54.4 Å². The highest BCUT2D eigenvalue weighted by Gasteiger charge is 2.33. The average molecular weight is 940 g/mol. The molecule has 0 unspecified atom stereocenters. The van der Waals surface area contributed by atoms with Crippen molar-refractivity contribution < 1.29 is 38.4 Å². The molecule has 0 radical (unpaired) electrons. The number of unbranched alkanes of at least 4 members (excludes halogenated alkanes) is 1. The minimum atomic E-state index is -1.23. The Labute approximate surface area is 389 Å². The number of nitrogens with zero attached hydrogens (tertiary/aromatic N) is 1. The van der Waals surface area contributed by atoms with E-state index in [0.29, 0.717) is 43.7 Å². The number of hydrogen-bond donors (Lipinski definition) is 12. The van der Waals surface area contributed by atoms with E-state index in [0.717, 1.165) is 16.5 Å². The van der Waals surface area contributed by atoms with E-state index in [1.165, 1.54) is 31.2 Å². The molecule has 0 saturated heterocycles. The van der Waals surface area contributed by atoms with Crippen molar-refractivity contribution in [1.82, 2.24) is 52.2 Å². The zero-order chi connectivity index (χ0) is 48.9. The fourth-order valence-corrected chi connectivity index (χ4v) is 7.43. The lowest BCUT2D eigenvalue weighted by atomic mass is 10.0. The van der Waals surface area contributed by atoms with E-state index in [1.807, 2.05) is 44.4 Å². The second kappa shape index (κ2) is 27.5. The van der Waals surface area contributed by atoms with Gasteiger partial charge >= 0.3 is 0 Å². The third-order valence-electron chi connectivity index (χ3n) is 10.7. The van der Waals surface area contributed by atoms with Gasteiger partial charge in [0.2, 0.25) is 47.3 Å². The van der Waals surface area contributed by atoms with E-state index in [2.05, 4.69) is 52.2 Å². The van der Waals surface area contributed by atoms with Crippen LogP contribution in [-0.2, 0) is 51.2 Å². The molecule has 3 rings (SSSR count). The molecule has 0 fully saturated rings. The molecule has 3 aromatic rings. The maximum Gasteiger partial charge on any atom is 0.243 e. The molecule has 21 nitrogen and oxygen atoms in total. The van der Waals surface area contributed by atoms with E-state index < -0.39 is 102 Å². The molecule has 7 atom stereocenters. The molecule has 2 heterocycles. The van der Waals surface area contributed by atoms with Crippen LogP contribution in [0.3, 0.4) is 0 Å². The summed E-state index contributed by atoms with van der Waals surface area (Å²) in [5.74, 6) is -5.35. The number of fused-ring (bicyclic) bond motifs is 1. The Kier molecular flexibility index (Phi) is 22.6. The van der Waals surface area contributed by atoms with Crippen molar-refractivity contribution in [3.63, 3.8) is 0 Å². The Hall–Kier alpha value is -6.00. The summed E-state index contributed by atoms with van der Waals surface area (Å²) in [6, 6.07) is -0.0998. The smallest absolute Gasteiger partial charge is 0.243 e. The molecule has 1 aromatic carbocycles. The third-order valence-corrected chi connectivity index (χ3v) is 11.3. The van der Waals surface area contributed by atoms with Gasteiger partial charge in [-0.25, -0.2) is 4.98 Å². The molecule has 66 heavy (non-hydrogen) atoms. The summed E-state index contributed by atoms with van der Waals surface area (Å²) in [5, 5.41) is 19.4. The van der Waals surface area contributed by atoms with Crippen LogP contribution in [0.4, 0.5) is 0 Å². The van der Waals surface area contributed by atoms with Crippen molar-refractivity contribution >= 4 is 69.9 Å². The Balaban J connectivity index is 1.68. The van der Waals surface area contributed by atoms with E-state index in [9.17, 15) is 38.4 Å². The number of imidazole rings is 1. The number of nitrogens with one attached hydrogen (secondary N) is 9. The molecule has 8 amide bonds. The second-order valence-corrected chi connectivity index (χ2v) is 18.0. The second-order valence-electron chi connectivity index (χ2n) is 17.0. The number of carbonyl (C=O) groups excluding carboxylic acids is 8. The first kappa shape index (κ1) is 54.3. The van der Waals surface area contributed by atoms with Crippen LogP contribution in [0, 0.1) is 11.8 Å². The van der Waals surface area contributed by atoms with Gasteiger partial charge in [0.1, 0.15) is 36.3 Å². The fourth-order valence-electron chi connectivity index (χ4n) is 6.96. The van der Waals surface area contributed by atoms with Crippen molar-refractivity contribution in [2.24, 2.45) is 29.0 Å². The van der Waals surface area contributed by atoms with Crippen molar-refractivity contribution in [1.29, 1.82) is 0 Å². The summed E-state index contributed by atoms with van der Waals surface area (Å²) in [6.45, 7) is 8.37. The number of hydrogen-bond acceptors (Lipinski definition) is 12. The molecule has 0 bridgehead atoms. The summed E-state index contributed by atoms with van der Waals surface area (Å²) in [6.07, 6.45) is 8.68. The predicted molar refractivity (Wildman–Crippen MR) is 252 cm³/mol. The van der Waals surface area contributed by atoms with Gasteiger partial charge in [-0.05, 0) is 74.6 Å². The van der Waals surface area contributed by atoms with Gasteiger partial charge in [-0.2, -0.15) is 11.8 Å². The number of H-pyrrole nitrogens is 2. The maximum atomic E-state index is 13.8. The molecular weight excluding hydrogens is 871 g/mol. The van der Waals surface area contributed by atoms with Crippen LogP contribution in [0.25, 0.3) is 10.9 Å². The van der Waals surface area contributed by atoms with Crippen LogP contribution >= 0.6 is 11.8 Å². The molecule has 0 saturated carbocycles. The van der Waals surface area contributed by atoms with E-state index in [4.69, 9.17) is 17.2 Å². The lowest BCUT2D eigenvalue weighted by Gasteiger charge is -2.26. The van der Waals surface area contributed by atoms with Crippen LogP contribution in [-0.4, -0.2) is 130 Å². The molecule has 22 heteroatoms. The van der Waals surface area contributed by atoms with Gasteiger partial charge in [0.05, 0.1) is 18.9 Å². The first-order valence-corrected chi connectivity index (χ1v) is 23.6. The normalized spacial score (nSPS) is 14.5. The van der Waals surface area contributed by atoms with Crippen molar-refractivity contribution in [3.8, 4) is 0 Å². The van der Waals surface area contributed by atoms with Crippen molar-refractivity contribution in [3.05, 3.63) is 54.2 Å². The summed E-state index contributed by atoms with van der Waals surface area (Å²) >= 11 is 1.48. The monoisotopic (exact) mass is 940 g/mol. The molecular formula is C44H69N13O8S. The predicted octanol–water partition coefficient (Wildman–Crippen LogP) is -0.882. The Morgan fingerprint density at radius 3 is 2.02 bits per heavy atom. The molecule has 2 aromatic heterocycles. The summed E-state index contributed by atoms with van der Waals surface area (Å²) in [5.41, 5.74) is 19.4. The van der Waals surface area contributed by atoms with Crippen LogP contribution in [0.15, 0.2) is 43.0 Å². The Bertz CT molecular complexity index is 2080. The zero-order valence-corrected chi connectivity index (χ0v) is 39.5. The number of aromatic nitrogens is 3. The molecule has 0 aliphatic carbocycles. The average Bonchev–Trinajstić information content (AvgIpc) is 3.94. The van der Waals surface area contributed by atoms with Gasteiger partial charge < -0.3 is 64.4 Å². The Morgan fingerprint density at radius 1 is 0.727 bits per heavy atom. The number of primary amides is 1. The maximum absolute atomic E-state index is 13.8. The van der Waals surface area contributed by atoms with Crippen LogP contribution in [0.5, 0.6) is 0 Å². The first-order valence-electron chi connectivity index (χ1n) is 22.2. The third kappa shape index (κ3) is 17.8. The van der Waals surface area contributed by atoms with Gasteiger partial charge in [-0.15, -0.1) is 0 Å². The van der Waals surface area contributed by atoms with Crippen molar-refractivity contribution in [2.75, 3.05) is 25.1 Å². The van der Waals surface area contributed by atoms with Gasteiger partial charge in [-0.3, -0.25) is 38.4 Å². The minimum Gasteiger partial charge on any atom is -0.368 e. The minimum absolute atomic E-state index is 0.0504. The standard InChI is InChI=1S/C44H69N13O8S/c1-24(2)17-33(42(63)54-32(38(47)59)14-16-66-6)56-43(64)35(19-28-21-48-23-51-28)53-36(58)22-50-44(65)37(25(3)4)57-39(60)26(5)52-41(62)34(55-40(61)30(46)12-9-10-15-45)18-27-20-49-31-13-8-7-11-29(27)31/h7-8,11,13,20-21,23-26,30,32-35,37,49H,9-10,12,14-19,22,45-46H2,1-6H3,(H2,47,59)(H,48,51)(H,50,65)(H,52,62)(H,53,58)(H,54,63)(H,55,61)(H,56,64)(H,57,60)/t26-,30-,32-,33-,34-,35-,37-/m0/s1. The largest absolute Gasteiger partial charge is 0.368 e. The Morgan fingerprint density at radius 2 is 1.38 bits per heavy atom. The highest BCUT2D eigenvalue weighted by Crippen LogP contribution is 2.19. The highest BCUT2D eigenvalue weighted by molar-refractivity contribution is 7.98. The number of aromatic amines is 2. The molecule has 0 aliphatic heterocycles. The lowest BCUT2D eigenvalue weighted by Crippen LogP contribution is -2.59. The van der Waals surface area contributed by atoms with Gasteiger partial charge in [0.15, 0.2) is 0 Å². The number of nitrogens with two attached hydrogens (primary N) is 3. The number of para-hydroxylation sites is 1. The SMILES string of the molecule is CSCC[C@H](NC(=O)[C@H](CC(C)C)NC(=O)[C@H](Cc1cnc[nH]1)NC(=O)CNC(=O)[C@@H](NC(=O)[C@H](C)NC(=O)[C@H](Cc1c[nH]c2ccccc12)NC(=O)[C@@H](N)CCCCN)C(C)C)C(N)=O. The van der Waals surface area contributed by atoms with Crippen LogP contribution in [0.1, 0.15) is 78.0 Å². The van der Waals surface area contributed by atoms with Gasteiger partial charge in [-0.1, -0.05) is 52.3 Å². The van der Waals surface area contributed by atoms with E-state index in [-0.39, 0.29) is 25.2 Å². The van der Waals surface area contributed by atoms with Crippen molar-refractivity contribution in [2.45, 2.75) is 122 Å². The van der Waals surface area contributed by atoms with E-state index in [1.54, 1.807) is 20.0 Å². The number of thioether (sulfide) groups is 1. The summed E-state index contributed by atoms with van der Waals surface area (Å²) in [7, 11) is 0. The van der Waals surface area contributed by atoms with Gasteiger partial charge in [0, 0.05) is 41.8 Å². The molecule has 364 valence electrons. The number of carbonyl (C=O) groups is 8. The number of benzene rings is 1. The quantitative estimate of drug-likeness (QED) is 0.0378. The van der Waals surface area contributed by atoms with Gasteiger partial charge in [0.25, 0.3) is 0 Å².